The zero-order valence-electron chi connectivity index (χ0n) is 10.8. The van der Waals surface area contributed by atoms with Crippen molar-refractivity contribution in [1.82, 2.24) is 0 Å². The third kappa shape index (κ3) is 4.01. The van der Waals surface area contributed by atoms with Crippen molar-refractivity contribution in [3.63, 3.8) is 0 Å². The van der Waals surface area contributed by atoms with Crippen LogP contribution in [0.4, 0.5) is 8.78 Å². The number of hydrogen-bond donors (Lipinski definition) is 1. The Morgan fingerprint density at radius 3 is 2.45 bits per heavy atom. The average molecular weight is 362 g/mol. The molecule has 0 saturated heterocycles. The first-order valence-corrected chi connectivity index (χ1v) is 7.67. The molecule has 2 aromatic rings. The molecule has 0 aliphatic rings. The maximum atomic E-state index is 13.9. The largest absolute Gasteiger partial charge is 0.482 e. The van der Waals surface area contributed by atoms with Gasteiger partial charge >= 0.3 is 0 Å². The molecule has 20 heavy (non-hydrogen) atoms. The number of halogens is 3. The highest BCUT2D eigenvalue weighted by Crippen LogP contribution is 2.27. The second-order valence-corrected chi connectivity index (χ2v) is 7.11. The normalized spacial score (nSPS) is 12.4. The molecule has 2 rings (SSSR count). The van der Waals surface area contributed by atoms with Gasteiger partial charge in [-0.15, -0.1) is 11.3 Å². The van der Waals surface area contributed by atoms with E-state index in [0.29, 0.717) is 12.0 Å². The van der Waals surface area contributed by atoms with E-state index in [2.05, 4.69) is 15.9 Å². The quantitative estimate of drug-likeness (QED) is 0.863. The van der Waals surface area contributed by atoms with Gasteiger partial charge in [0.05, 0.1) is 3.79 Å². The van der Waals surface area contributed by atoms with Crippen molar-refractivity contribution in [2.75, 3.05) is 0 Å². The lowest BCUT2D eigenvalue weighted by molar-refractivity contribution is 0.276. The van der Waals surface area contributed by atoms with Gasteiger partial charge in [-0.2, -0.15) is 0 Å². The Balaban J connectivity index is 2.11. The molecule has 0 radical (unpaired) electrons. The summed E-state index contributed by atoms with van der Waals surface area (Å²) >= 11 is 4.78. The Kier molecular flexibility index (Phi) is 5.12. The fraction of sp³-hybridized carbons (Fsp3) is 0.286. The van der Waals surface area contributed by atoms with Gasteiger partial charge in [-0.1, -0.05) is 0 Å². The molecule has 1 unspecified atom stereocenters. The molecule has 0 aliphatic carbocycles. The van der Waals surface area contributed by atoms with Crippen LogP contribution in [0.15, 0.2) is 28.1 Å². The van der Waals surface area contributed by atoms with Crippen molar-refractivity contribution < 1.29 is 13.5 Å². The van der Waals surface area contributed by atoms with E-state index in [1.165, 1.54) is 23.5 Å². The Morgan fingerprint density at radius 2 is 1.95 bits per heavy atom. The molecule has 0 saturated carbocycles. The van der Waals surface area contributed by atoms with Gasteiger partial charge in [-0.25, -0.2) is 8.78 Å². The monoisotopic (exact) mass is 361 g/mol. The SMILES string of the molecule is CC(N)Cc1cc(F)c(OCc2ccc(Br)s2)c(F)c1. The lowest BCUT2D eigenvalue weighted by Crippen LogP contribution is -2.18. The van der Waals surface area contributed by atoms with Gasteiger partial charge in [0.15, 0.2) is 17.4 Å². The number of rotatable bonds is 5. The standard InChI is InChI=1S/C14H14BrF2NOS/c1-8(18)4-9-5-11(16)14(12(17)6-9)19-7-10-2-3-13(15)20-10/h2-3,5-6,8H,4,7,18H2,1H3. The first-order valence-electron chi connectivity index (χ1n) is 6.06. The molecule has 0 fully saturated rings. The molecule has 2 nitrogen and oxygen atoms in total. The van der Waals surface area contributed by atoms with E-state index >= 15 is 0 Å². The van der Waals surface area contributed by atoms with Gasteiger partial charge in [0.1, 0.15) is 6.61 Å². The van der Waals surface area contributed by atoms with E-state index in [9.17, 15) is 8.78 Å². The van der Waals surface area contributed by atoms with Crippen LogP contribution < -0.4 is 10.5 Å². The molecule has 0 spiro atoms. The Bertz CT molecular complexity index is 578. The van der Waals surface area contributed by atoms with Crippen molar-refractivity contribution in [2.45, 2.75) is 26.0 Å². The third-order valence-electron chi connectivity index (χ3n) is 2.60. The number of benzene rings is 1. The number of ether oxygens (including phenoxy) is 1. The summed E-state index contributed by atoms with van der Waals surface area (Å²) in [5.41, 5.74) is 6.15. The molecule has 0 aliphatic heterocycles. The summed E-state index contributed by atoms with van der Waals surface area (Å²) < 4.78 is 33.9. The molecule has 2 N–H and O–H groups in total. The van der Waals surface area contributed by atoms with Crippen LogP contribution in [-0.4, -0.2) is 6.04 Å². The van der Waals surface area contributed by atoms with Crippen LogP contribution in [0, 0.1) is 11.6 Å². The molecule has 0 amide bonds. The van der Waals surface area contributed by atoms with E-state index in [1.54, 1.807) is 6.92 Å². The van der Waals surface area contributed by atoms with Gasteiger partial charge in [-0.05, 0) is 59.1 Å². The van der Waals surface area contributed by atoms with Crippen LogP contribution in [0.25, 0.3) is 0 Å². The minimum atomic E-state index is -0.698. The maximum absolute atomic E-state index is 13.9. The van der Waals surface area contributed by atoms with Crippen molar-refractivity contribution in [1.29, 1.82) is 0 Å². The first-order chi connectivity index (χ1) is 9.45. The molecule has 1 atom stereocenters. The summed E-state index contributed by atoms with van der Waals surface area (Å²) in [5.74, 6) is -1.74. The lowest BCUT2D eigenvalue weighted by Gasteiger charge is -2.10. The van der Waals surface area contributed by atoms with Crippen molar-refractivity contribution >= 4 is 27.3 Å². The van der Waals surface area contributed by atoms with E-state index < -0.39 is 11.6 Å². The van der Waals surface area contributed by atoms with E-state index in [1.807, 2.05) is 12.1 Å². The Hall–Kier alpha value is -0.980. The maximum Gasteiger partial charge on any atom is 0.191 e. The highest BCUT2D eigenvalue weighted by molar-refractivity contribution is 9.11. The third-order valence-corrected chi connectivity index (χ3v) is 4.20. The van der Waals surface area contributed by atoms with Crippen LogP contribution in [0.5, 0.6) is 5.75 Å². The Labute approximate surface area is 128 Å². The van der Waals surface area contributed by atoms with E-state index in [0.717, 1.165) is 8.66 Å². The summed E-state index contributed by atoms with van der Waals surface area (Å²) in [6, 6.07) is 6.10. The molecule has 6 heteroatoms. The smallest absolute Gasteiger partial charge is 0.191 e. The van der Waals surface area contributed by atoms with Crippen LogP contribution >= 0.6 is 27.3 Å². The van der Waals surface area contributed by atoms with Crippen LogP contribution in [0.1, 0.15) is 17.4 Å². The fourth-order valence-electron chi connectivity index (χ4n) is 1.81. The fourth-order valence-corrected chi connectivity index (χ4v) is 3.21. The highest BCUT2D eigenvalue weighted by Gasteiger charge is 2.14. The summed E-state index contributed by atoms with van der Waals surface area (Å²) in [4.78, 5) is 0.885. The molecule has 0 bridgehead atoms. The predicted molar refractivity (Wildman–Crippen MR) is 80.1 cm³/mol. The predicted octanol–water partition coefficient (Wildman–Crippen LogP) is 4.26. The molecular formula is C14H14BrF2NOS. The molecular weight excluding hydrogens is 348 g/mol. The van der Waals surface area contributed by atoms with Crippen LogP contribution in [0.3, 0.4) is 0 Å². The van der Waals surface area contributed by atoms with Gasteiger partial charge in [0, 0.05) is 10.9 Å². The zero-order chi connectivity index (χ0) is 14.7. The molecule has 108 valence electrons. The van der Waals surface area contributed by atoms with Crippen molar-refractivity contribution in [3.05, 3.63) is 50.1 Å². The molecule has 1 heterocycles. The number of thiophene rings is 1. The lowest BCUT2D eigenvalue weighted by atomic mass is 10.1. The second-order valence-electron chi connectivity index (χ2n) is 4.56. The summed E-state index contributed by atoms with van der Waals surface area (Å²) in [7, 11) is 0. The summed E-state index contributed by atoms with van der Waals surface area (Å²) in [6.07, 6.45) is 0.423. The summed E-state index contributed by atoms with van der Waals surface area (Å²) in [5, 5.41) is 0. The topological polar surface area (TPSA) is 35.2 Å². The highest BCUT2D eigenvalue weighted by atomic mass is 79.9. The van der Waals surface area contributed by atoms with Crippen molar-refractivity contribution in [2.24, 2.45) is 5.73 Å². The van der Waals surface area contributed by atoms with Crippen LogP contribution in [0.2, 0.25) is 0 Å². The van der Waals surface area contributed by atoms with Crippen LogP contribution in [-0.2, 0) is 13.0 Å². The van der Waals surface area contributed by atoms with Gasteiger partial charge in [-0.3, -0.25) is 0 Å². The van der Waals surface area contributed by atoms with Crippen molar-refractivity contribution in [3.8, 4) is 5.75 Å². The minimum Gasteiger partial charge on any atom is -0.482 e. The number of nitrogens with two attached hydrogens (primary N) is 1. The second kappa shape index (κ2) is 6.65. The van der Waals surface area contributed by atoms with Gasteiger partial charge < -0.3 is 10.5 Å². The minimum absolute atomic E-state index is 0.136. The average Bonchev–Trinajstić information content (AvgIpc) is 2.73. The van der Waals surface area contributed by atoms with E-state index in [-0.39, 0.29) is 18.4 Å². The first kappa shape index (κ1) is 15.4. The number of hydrogen-bond acceptors (Lipinski definition) is 3. The molecule has 1 aromatic heterocycles. The Morgan fingerprint density at radius 1 is 1.30 bits per heavy atom. The van der Waals surface area contributed by atoms with Gasteiger partial charge in [0.2, 0.25) is 0 Å². The zero-order valence-corrected chi connectivity index (χ0v) is 13.2. The van der Waals surface area contributed by atoms with E-state index in [4.69, 9.17) is 10.5 Å². The summed E-state index contributed by atoms with van der Waals surface area (Å²) in [6.45, 7) is 1.92. The molecule has 1 aromatic carbocycles. The van der Waals surface area contributed by atoms with Gasteiger partial charge in [0.25, 0.3) is 0 Å².